The van der Waals surface area contributed by atoms with Crippen molar-refractivity contribution < 1.29 is 0 Å². The first-order chi connectivity index (χ1) is 4.97. The Morgan fingerprint density at radius 2 is 2.60 bits per heavy atom. The third-order valence-electron chi connectivity index (χ3n) is 2.12. The van der Waals surface area contributed by atoms with Gasteiger partial charge >= 0.3 is 0 Å². The molecule has 0 aromatic rings. The molecule has 1 nitrogen and oxygen atoms in total. The van der Waals surface area contributed by atoms with Crippen LogP contribution in [0, 0.1) is 6.20 Å². The molecule has 2 aliphatic rings. The standard InChI is InChI=1S/C8H12NS/c1-2-5-9(4-1)8-3-6-10-7-8/h1,8H,2-3,5-7H2. The van der Waals surface area contributed by atoms with Gasteiger partial charge in [-0.3, -0.25) is 0 Å². The highest BCUT2D eigenvalue weighted by Crippen LogP contribution is 2.23. The molecule has 0 N–H and O–H groups in total. The van der Waals surface area contributed by atoms with Gasteiger partial charge in [0.05, 0.1) is 6.20 Å². The fourth-order valence-corrected chi connectivity index (χ4v) is 2.73. The predicted molar refractivity (Wildman–Crippen MR) is 44.9 cm³/mol. The Kier molecular flexibility index (Phi) is 1.89. The topological polar surface area (TPSA) is 3.24 Å². The van der Waals surface area contributed by atoms with Gasteiger partial charge in [0, 0.05) is 18.3 Å². The van der Waals surface area contributed by atoms with Gasteiger partial charge in [-0.05, 0) is 18.6 Å². The fraction of sp³-hybridized carbons (Fsp3) is 0.750. The van der Waals surface area contributed by atoms with Gasteiger partial charge in [-0.1, -0.05) is 6.08 Å². The van der Waals surface area contributed by atoms with Gasteiger partial charge in [0.25, 0.3) is 0 Å². The fourth-order valence-electron chi connectivity index (χ4n) is 1.51. The first-order valence-corrected chi connectivity index (χ1v) is 5.04. The molecular weight excluding hydrogens is 142 g/mol. The number of hydrogen-bond acceptors (Lipinski definition) is 2. The molecule has 2 heteroatoms. The van der Waals surface area contributed by atoms with Gasteiger partial charge in [0.2, 0.25) is 0 Å². The summed E-state index contributed by atoms with van der Waals surface area (Å²) in [6, 6.07) is 0.809. The molecule has 55 valence electrons. The Morgan fingerprint density at radius 1 is 1.60 bits per heavy atom. The molecule has 2 rings (SSSR count). The van der Waals surface area contributed by atoms with Crippen LogP contribution in [0.5, 0.6) is 0 Å². The maximum atomic E-state index is 3.29. The van der Waals surface area contributed by atoms with E-state index in [-0.39, 0.29) is 0 Å². The van der Waals surface area contributed by atoms with Gasteiger partial charge in [0.15, 0.2) is 0 Å². The summed E-state index contributed by atoms with van der Waals surface area (Å²) >= 11 is 2.07. The highest BCUT2D eigenvalue weighted by Gasteiger charge is 2.21. The van der Waals surface area contributed by atoms with Crippen LogP contribution < -0.4 is 0 Å². The van der Waals surface area contributed by atoms with E-state index >= 15 is 0 Å². The maximum absolute atomic E-state index is 3.29. The van der Waals surface area contributed by atoms with E-state index in [9.17, 15) is 0 Å². The average Bonchev–Trinajstić information content (AvgIpc) is 2.59. The van der Waals surface area contributed by atoms with Gasteiger partial charge in [-0.2, -0.15) is 11.8 Å². The maximum Gasteiger partial charge on any atom is 0.0563 e. The van der Waals surface area contributed by atoms with Crippen LogP contribution >= 0.6 is 11.8 Å². The Balaban J connectivity index is 1.91. The Bertz CT molecular complexity index is 138. The van der Waals surface area contributed by atoms with Crippen LogP contribution in [0.2, 0.25) is 0 Å². The van der Waals surface area contributed by atoms with E-state index in [2.05, 4.69) is 28.9 Å². The van der Waals surface area contributed by atoms with Crippen LogP contribution in [0.1, 0.15) is 12.8 Å². The van der Waals surface area contributed by atoms with Crippen molar-refractivity contribution in [1.29, 1.82) is 0 Å². The molecule has 10 heavy (non-hydrogen) atoms. The van der Waals surface area contributed by atoms with Crippen molar-refractivity contribution in [2.45, 2.75) is 18.9 Å². The second kappa shape index (κ2) is 2.87. The van der Waals surface area contributed by atoms with E-state index in [0.717, 1.165) is 6.04 Å². The molecule has 0 aromatic heterocycles. The number of rotatable bonds is 1. The first-order valence-electron chi connectivity index (χ1n) is 3.89. The molecule has 1 unspecified atom stereocenters. The summed E-state index contributed by atoms with van der Waals surface area (Å²) < 4.78 is 0. The Morgan fingerprint density at radius 3 is 3.20 bits per heavy atom. The van der Waals surface area contributed by atoms with E-state index < -0.39 is 0 Å². The third kappa shape index (κ3) is 1.17. The highest BCUT2D eigenvalue weighted by atomic mass is 32.2. The zero-order chi connectivity index (χ0) is 6.81. The van der Waals surface area contributed by atoms with Gasteiger partial charge in [-0.25, -0.2) is 0 Å². The molecule has 0 amide bonds. The van der Waals surface area contributed by atoms with Crippen LogP contribution in [-0.2, 0) is 0 Å². The molecule has 0 spiro atoms. The zero-order valence-corrected chi connectivity index (χ0v) is 6.86. The van der Waals surface area contributed by atoms with E-state index in [1.165, 1.54) is 30.9 Å². The van der Waals surface area contributed by atoms with E-state index in [4.69, 9.17) is 0 Å². The second-order valence-corrected chi connectivity index (χ2v) is 3.98. The van der Waals surface area contributed by atoms with Crippen molar-refractivity contribution in [2.75, 3.05) is 18.1 Å². The summed E-state index contributed by atoms with van der Waals surface area (Å²) in [5, 5.41) is 0. The molecule has 1 atom stereocenters. The van der Waals surface area contributed by atoms with Gasteiger partial charge < -0.3 is 4.90 Å². The third-order valence-corrected chi connectivity index (χ3v) is 3.26. The monoisotopic (exact) mass is 154 g/mol. The van der Waals surface area contributed by atoms with Crippen LogP contribution in [0.4, 0.5) is 0 Å². The van der Waals surface area contributed by atoms with Crippen molar-refractivity contribution in [3.8, 4) is 0 Å². The SMILES string of the molecule is [C]1=CCCN1C1CCSC1. The molecule has 1 radical (unpaired) electrons. The van der Waals surface area contributed by atoms with Gasteiger partial charge in [0.1, 0.15) is 0 Å². The summed E-state index contributed by atoms with van der Waals surface area (Å²) in [6.07, 6.45) is 8.03. The van der Waals surface area contributed by atoms with Crippen molar-refractivity contribution in [3.63, 3.8) is 0 Å². The highest BCUT2D eigenvalue weighted by molar-refractivity contribution is 7.99. The van der Waals surface area contributed by atoms with Crippen LogP contribution in [-0.4, -0.2) is 29.0 Å². The molecule has 0 aromatic carbocycles. The van der Waals surface area contributed by atoms with E-state index in [0.29, 0.717) is 0 Å². The zero-order valence-electron chi connectivity index (χ0n) is 6.05. The number of hydrogen-bond donors (Lipinski definition) is 0. The lowest BCUT2D eigenvalue weighted by Gasteiger charge is -2.21. The Labute approximate surface area is 66.5 Å². The van der Waals surface area contributed by atoms with Crippen molar-refractivity contribution in [2.24, 2.45) is 0 Å². The summed E-state index contributed by atoms with van der Waals surface area (Å²) in [4.78, 5) is 2.38. The van der Waals surface area contributed by atoms with Crippen molar-refractivity contribution >= 4 is 11.8 Å². The molecule has 2 heterocycles. The first kappa shape index (κ1) is 6.59. The lowest BCUT2D eigenvalue weighted by atomic mass is 10.2. The lowest BCUT2D eigenvalue weighted by molar-refractivity contribution is 0.308. The minimum atomic E-state index is 0.809. The normalized spacial score (nSPS) is 32.0. The molecule has 1 saturated heterocycles. The molecule has 2 aliphatic heterocycles. The second-order valence-electron chi connectivity index (χ2n) is 2.83. The van der Waals surface area contributed by atoms with Gasteiger partial charge in [-0.15, -0.1) is 0 Å². The lowest BCUT2D eigenvalue weighted by Crippen LogP contribution is -2.28. The molecule has 0 aliphatic carbocycles. The van der Waals surface area contributed by atoms with Crippen LogP contribution in [0.25, 0.3) is 0 Å². The summed E-state index contributed by atoms with van der Waals surface area (Å²) in [5.41, 5.74) is 0. The van der Waals surface area contributed by atoms with E-state index in [1.807, 2.05) is 0 Å². The van der Waals surface area contributed by atoms with Crippen LogP contribution in [0.15, 0.2) is 6.08 Å². The quantitative estimate of drug-likeness (QED) is 0.563. The average molecular weight is 154 g/mol. The van der Waals surface area contributed by atoms with Crippen molar-refractivity contribution in [1.82, 2.24) is 4.90 Å². The number of thioether (sulfide) groups is 1. The largest absolute Gasteiger partial charge is 0.366 e. The minimum absolute atomic E-state index is 0.809. The summed E-state index contributed by atoms with van der Waals surface area (Å²) in [5.74, 6) is 2.67. The summed E-state index contributed by atoms with van der Waals surface area (Å²) in [6.45, 7) is 1.21. The minimum Gasteiger partial charge on any atom is -0.366 e. The molecule has 0 bridgehead atoms. The number of nitrogens with zero attached hydrogens (tertiary/aromatic N) is 1. The summed E-state index contributed by atoms with van der Waals surface area (Å²) in [7, 11) is 0. The van der Waals surface area contributed by atoms with Crippen molar-refractivity contribution in [3.05, 3.63) is 12.3 Å². The Hall–Kier alpha value is -0.110. The predicted octanol–water partition coefficient (Wildman–Crippen LogP) is 1.51. The van der Waals surface area contributed by atoms with Crippen LogP contribution in [0.3, 0.4) is 0 Å². The molecule has 0 saturated carbocycles. The smallest absolute Gasteiger partial charge is 0.0563 e. The van der Waals surface area contributed by atoms with E-state index in [1.54, 1.807) is 0 Å². The molecule has 1 fully saturated rings. The molecular formula is C8H12NS.